The molecule has 400 valence electrons. The lowest BCUT2D eigenvalue weighted by atomic mass is 10.0. The molecule has 0 saturated carbocycles. The van der Waals surface area contributed by atoms with Crippen LogP contribution >= 0.6 is 0 Å². The number of unbranched alkanes of at least 4 members (excludes halogenated alkanes) is 33. The highest BCUT2D eigenvalue weighted by atomic mass is 16.6. The average Bonchev–Trinajstić information content (AvgIpc) is 3.35. The van der Waals surface area contributed by atoms with Crippen molar-refractivity contribution in [2.24, 2.45) is 0 Å². The van der Waals surface area contributed by atoms with Gasteiger partial charge in [-0.1, -0.05) is 281 Å². The minimum absolute atomic E-state index is 0.0681. The molecule has 6 heteroatoms. The lowest BCUT2D eigenvalue weighted by molar-refractivity contribution is -0.167. The third-order valence-corrected chi connectivity index (χ3v) is 13.0. The number of allylic oxidation sites excluding steroid dienone is 10. The van der Waals surface area contributed by atoms with Gasteiger partial charge in [0.1, 0.15) is 13.2 Å². The third-order valence-electron chi connectivity index (χ3n) is 13.0. The topological polar surface area (TPSA) is 78.9 Å². The fraction of sp³-hybridized carbons (Fsp3) is 0.794. The van der Waals surface area contributed by atoms with Gasteiger partial charge in [-0.05, 0) is 64.2 Å². The van der Waals surface area contributed by atoms with Crippen LogP contribution in [0.15, 0.2) is 60.8 Å². The molecule has 0 aromatic heterocycles. The first-order valence-corrected chi connectivity index (χ1v) is 29.8. The van der Waals surface area contributed by atoms with Crippen LogP contribution in [0, 0.1) is 0 Å². The van der Waals surface area contributed by atoms with Crippen LogP contribution < -0.4 is 0 Å². The summed E-state index contributed by atoms with van der Waals surface area (Å²) in [4.78, 5) is 37.9. The summed E-state index contributed by atoms with van der Waals surface area (Å²) >= 11 is 0. The van der Waals surface area contributed by atoms with Gasteiger partial charge in [0, 0.05) is 19.3 Å². The summed E-state index contributed by atoms with van der Waals surface area (Å²) in [6, 6.07) is 0. The molecule has 0 aliphatic rings. The molecule has 0 heterocycles. The zero-order valence-corrected chi connectivity index (χ0v) is 45.8. The number of rotatable bonds is 54. The first-order valence-electron chi connectivity index (χ1n) is 29.8. The van der Waals surface area contributed by atoms with E-state index < -0.39 is 6.10 Å². The molecule has 69 heavy (non-hydrogen) atoms. The van der Waals surface area contributed by atoms with Crippen LogP contribution in [0.4, 0.5) is 0 Å². The van der Waals surface area contributed by atoms with Gasteiger partial charge in [0.15, 0.2) is 6.10 Å². The molecule has 1 unspecified atom stereocenters. The van der Waals surface area contributed by atoms with E-state index in [-0.39, 0.29) is 31.1 Å². The van der Waals surface area contributed by atoms with Crippen LogP contribution in [0.1, 0.15) is 303 Å². The number of hydrogen-bond acceptors (Lipinski definition) is 6. The molecular weight excluding hydrogens is 853 g/mol. The van der Waals surface area contributed by atoms with Gasteiger partial charge in [0.25, 0.3) is 0 Å². The molecule has 0 aliphatic carbocycles. The highest BCUT2D eigenvalue weighted by Crippen LogP contribution is 2.17. The van der Waals surface area contributed by atoms with E-state index >= 15 is 0 Å². The maximum absolute atomic E-state index is 12.7. The summed E-state index contributed by atoms with van der Waals surface area (Å²) < 4.78 is 16.8. The quantitative estimate of drug-likeness (QED) is 0.0262. The first kappa shape index (κ1) is 66.1. The molecule has 0 rings (SSSR count). The fourth-order valence-corrected chi connectivity index (χ4v) is 8.59. The van der Waals surface area contributed by atoms with Crippen LogP contribution in [0.5, 0.6) is 0 Å². The lowest BCUT2D eigenvalue weighted by Gasteiger charge is -2.18. The summed E-state index contributed by atoms with van der Waals surface area (Å²) in [7, 11) is 0. The van der Waals surface area contributed by atoms with E-state index in [0.717, 1.165) is 89.9 Å². The first-order chi connectivity index (χ1) is 34.0. The SMILES string of the molecule is CC/C=C\C/C=C\C/C=C\C/C=C\C/C=C\CCCCCCCCCCCCCCCCCCCC(=O)OCC(COC(=O)CCCCCCCCCCC)OC(=O)CCCCCCCCCCC. The molecule has 0 radical (unpaired) electrons. The average molecular weight is 966 g/mol. The molecule has 0 aromatic rings. The Morgan fingerprint density at radius 3 is 0.884 bits per heavy atom. The van der Waals surface area contributed by atoms with Gasteiger partial charge in [-0.25, -0.2) is 0 Å². The van der Waals surface area contributed by atoms with Crippen molar-refractivity contribution < 1.29 is 28.6 Å². The maximum Gasteiger partial charge on any atom is 0.306 e. The van der Waals surface area contributed by atoms with Crippen molar-refractivity contribution in [1.82, 2.24) is 0 Å². The van der Waals surface area contributed by atoms with Crippen LogP contribution in [0.25, 0.3) is 0 Å². The minimum atomic E-state index is -0.765. The van der Waals surface area contributed by atoms with E-state index in [9.17, 15) is 14.4 Å². The number of hydrogen-bond donors (Lipinski definition) is 0. The summed E-state index contributed by atoms with van der Waals surface area (Å²) in [5.41, 5.74) is 0. The molecule has 0 aromatic carbocycles. The van der Waals surface area contributed by atoms with Gasteiger partial charge in [0.2, 0.25) is 0 Å². The van der Waals surface area contributed by atoms with Crippen LogP contribution in [0.2, 0.25) is 0 Å². The highest BCUT2D eigenvalue weighted by molar-refractivity contribution is 5.71. The van der Waals surface area contributed by atoms with Gasteiger partial charge in [-0.15, -0.1) is 0 Å². The normalized spacial score (nSPS) is 12.4. The zero-order valence-electron chi connectivity index (χ0n) is 45.8. The number of carbonyl (C=O) groups is 3. The molecular formula is C63H112O6. The Labute approximate surface area is 428 Å². The second-order valence-corrected chi connectivity index (χ2v) is 19.9. The number of esters is 3. The van der Waals surface area contributed by atoms with E-state index in [2.05, 4.69) is 81.5 Å². The molecule has 0 amide bonds. The summed E-state index contributed by atoms with van der Waals surface area (Å²) in [6.07, 6.45) is 72.6. The predicted octanol–water partition coefficient (Wildman–Crippen LogP) is 20.0. The van der Waals surface area contributed by atoms with Crippen LogP contribution in [-0.4, -0.2) is 37.2 Å². The van der Waals surface area contributed by atoms with Gasteiger partial charge < -0.3 is 14.2 Å². The summed E-state index contributed by atoms with van der Waals surface area (Å²) in [6.45, 7) is 6.51. The third kappa shape index (κ3) is 55.9. The van der Waals surface area contributed by atoms with Crippen molar-refractivity contribution in [2.75, 3.05) is 13.2 Å². The summed E-state index contributed by atoms with van der Waals surface area (Å²) in [5, 5.41) is 0. The standard InChI is InChI=1S/C63H112O6/c1-4-7-10-13-16-19-20-21-22-23-24-25-26-27-28-29-30-31-32-33-34-35-36-37-38-39-40-41-42-45-47-50-53-56-62(65)68-59-60(69-63(66)57-54-51-48-44-18-15-12-9-6-3)58-67-61(64)55-52-49-46-43-17-14-11-8-5-2/h7,10,16,19,21-22,24-25,27-28,60H,4-6,8-9,11-15,17-18,20,23,26,29-59H2,1-3H3/b10-7-,19-16-,22-21-,25-24-,28-27-. The van der Waals surface area contributed by atoms with E-state index in [1.54, 1.807) is 0 Å². The van der Waals surface area contributed by atoms with Crippen molar-refractivity contribution in [3.63, 3.8) is 0 Å². The number of ether oxygens (including phenoxy) is 3. The highest BCUT2D eigenvalue weighted by Gasteiger charge is 2.19. The monoisotopic (exact) mass is 965 g/mol. The smallest absolute Gasteiger partial charge is 0.306 e. The Morgan fingerprint density at radius 1 is 0.304 bits per heavy atom. The Balaban J connectivity index is 3.95. The zero-order chi connectivity index (χ0) is 50.0. The molecule has 0 bridgehead atoms. The van der Waals surface area contributed by atoms with Crippen LogP contribution in [0.3, 0.4) is 0 Å². The van der Waals surface area contributed by atoms with Crippen molar-refractivity contribution in [2.45, 2.75) is 309 Å². The fourth-order valence-electron chi connectivity index (χ4n) is 8.59. The Kier molecular flexibility index (Phi) is 55.3. The van der Waals surface area contributed by atoms with E-state index in [4.69, 9.17) is 14.2 Å². The van der Waals surface area contributed by atoms with E-state index in [1.807, 2.05) is 0 Å². The summed E-state index contributed by atoms with van der Waals surface area (Å²) in [5.74, 6) is -0.861. The molecule has 1 atom stereocenters. The maximum atomic E-state index is 12.7. The van der Waals surface area contributed by atoms with Crippen molar-refractivity contribution in [3.05, 3.63) is 60.8 Å². The van der Waals surface area contributed by atoms with Crippen molar-refractivity contribution >= 4 is 17.9 Å². The molecule has 0 N–H and O–H groups in total. The molecule has 0 fully saturated rings. The number of carbonyl (C=O) groups excluding carboxylic acids is 3. The van der Waals surface area contributed by atoms with E-state index in [0.29, 0.717) is 19.3 Å². The van der Waals surface area contributed by atoms with Gasteiger partial charge in [-0.3, -0.25) is 14.4 Å². The van der Waals surface area contributed by atoms with Gasteiger partial charge in [-0.2, -0.15) is 0 Å². The van der Waals surface area contributed by atoms with E-state index in [1.165, 1.54) is 173 Å². The Hall–Kier alpha value is -2.89. The predicted molar refractivity (Wildman–Crippen MR) is 298 cm³/mol. The minimum Gasteiger partial charge on any atom is -0.462 e. The van der Waals surface area contributed by atoms with Crippen molar-refractivity contribution in [3.8, 4) is 0 Å². The largest absolute Gasteiger partial charge is 0.462 e. The lowest BCUT2D eigenvalue weighted by Crippen LogP contribution is -2.30. The Morgan fingerprint density at radius 2 is 0.565 bits per heavy atom. The van der Waals surface area contributed by atoms with Gasteiger partial charge in [0.05, 0.1) is 0 Å². The van der Waals surface area contributed by atoms with Gasteiger partial charge >= 0.3 is 17.9 Å². The van der Waals surface area contributed by atoms with Crippen molar-refractivity contribution in [1.29, 1.82) is 0 Å². The molecule has 0 spiro atoms. The van der Waals surface area contributed by atoms with Crippen LogP contribution in [-0.2, 0) is 28.6 Å². The Bertz CT molecular complexity index is 1250. The second kappa shape index (κ2) is 57.7. The molecule has 0 saturated heterocycles. The molecule has 0 aliphatic heterocycles. The molecule has 6 nitrogen and oxygen atoms in total. The second-order valence-electron chi connectivity index (χ2n) is 19.9.